The van der Waals surface area contributed by atoms with Crippen LogP contribution >= 0.6 is 0 Å². The van der Waals surface area contributed by atoms with Crippen LogP contribution in [0.1, 0.15) is 33.1 Å². The first-order valence-electron chi connectivity index (χ1n) is 6.01. The number of unbranched alkanes of at least 4 members (excludes halogenated alkanes) is 1. The first-order valence-corrected chi connectivity index (χ1v) is 6.01. The SMILES string of the molecule is CC(C)CCCCNc1ncnc(N)c1[N+](=O)[O-]. The molecule has 1 rings (SSSR count). The van der Waals surface area contributed by atoms with Gasteiger partial charge in [0, 0.05) is 6.54 Å². The second-order valence-corrected chi connectivity index (χ2v) is 4.53. The van der Waals surface area contributed by atoms with Crippen LogP contribution < -0.4 is 11.1 Å². The van der Waals surface area contributed by atoms with Gasteiger partial charge in [0.15, 0.2) is 0 Å². The molecule has 0 aromatic carbocycles. The highest BCUT2D eigenvalue weighted by Gasteiger charge is 2.20. The van der Waals surface area contributed by atoms with E-state index in [1.165, 1.54) is 6.33 Å². The molecule has 0 radical (unpaired) electrons. The van der Waals surface area contributed by atoms with Crippen LogP contribution in [0, 0.1) is 16.0 Å². The molecule has 0 aliphatic carbocycles. The monoisotopic (exact) mass is 253 g/mol. The van der Waals surface area contributed by atoms with Crippen LogP contribution in [0.3, 0.4) is 0 Å². The minimum atomic E-state index is -0.564. The van der Waals surface area contributed by atoms with Crippen molar-refractivity contribution in [3.63, 3.8) is 0 Å². The lowest BCUT2D eigenvalue weighted by atomic mass is 10.1. The summed E-state index contributed by atoms with van der Waals surface area (Å²) in [4.78, 5) is 17.7. The predicted molar refractivity (Wildman–Crippen MR) is 70.3 cm³/mol. The number of nitrogen functional groups attached to an aromatic ring is 1. The molecule has 0 aliphatic heterocycles. The molecule has 0 saturated carbocycles. The van der Waals surface area contributed by atoms with Crippen molar-refractivity contribution in [2.75, 3.05) is 17.6 Å². The highest BCUT2D eigenvalue weighted by Crippen LogP contribution is 2.26. The Hall–Kier alpha value is -1.92. The summed E-state index contributed by atoms with van der Waals surface area (Å²) in [6.07, 6.45) is 4.40. The van der Waals surface area contributed by atoms with Gasteiger partial charge in [-0.2, -0.15) is 0 Å². The maximum absolute atomic E-state index is 10.8. The Bertz CT molecular complexity index is 408. The molecule has 1 aromatic heterocycles. The molecule has 0 saturated heterocycles. The van der Waals surface area contributed by atoms with Crippen molar-refractivity contribution < 1.29 is 4.92 Å². The van der Waals surface area contributed by atoms with Crippen molar-refractivity contribution in [2.24, 2.45) is 5.92 Å². The highest BCUT2D eigenvalue weighted by molar-refractivity contribution is 5.67. The van der Waals surface area contributed by atoms with Gasteiger partial charge >= 0.3 is 5.69 Å². The molecule has 0 amide bonds. The lowest BCUT2D eigenvalue weighted by Gasteiger charge is -2.07. The topological polar surface area (TPSA) is 107 Å². The van der Waals surface area contributed by atoms with E-state index in [4.69, 9.17) is 5.73 Å². The van der Waals surface area contributed by atoms with Crippen molar-refractivity contribution >= 4 is 17.3 Å². The smallest absolute Gasteiger partial charge is 0.352 e. The molecular weight excluding hydrogens is 234 g/mol. The summed E-state index contributed by atoms with van der Waals surface area (Å²) in [6, 6.07) is 0. The van der Waals surface area contributed by atoms with Crippen LogP contribution in [0.15, 0.2) is 6.33 Å². The van der Waals surface area contributed by atoms with Crippen molar-refractivity contribution in [3.05, 3.63) is 16.4 Å². The van der Waals surface area contributed by atoms with E-state index >= 15 is 0 Å². The van der Waals surface area contributed by atoms with Crippen LogP contribution in [-0.4, -0.2) is 21.4 Å². The summed E-state index contributed by atoms with van der Waals surface area (Å²) in [5.74, 6) is 0.755. The van der Waals surface area contributed by atoms with Gasteiger partial charge in [-0.05, 0) is 12.3 Å². The molecule has 0 aliphatic rings. The van der Waals surface area contributed by atoms with Gasteiger partial charge in [-0.1, -0.05) is 26.7 Å². The van der Waals surface area contributed by atoms with E-state index < -0.39 is 4.92 Å². The fourth-order valence-electron chi connectivity index (χ4n) is 1.59. The van der Waals surface area contributed by atoms with Crippen LogP contribution in [-0.2, 0) is 0 Å². The molecule has 0 spiro atoms. The van der Waals surface area contributed by atoms with Gasteiger partial charge in [-0.3, -0.25) is 10.1 Å². The summed E-state index contributed by atoms with van der Waals surface area (Å²) in [5, 5.41) is 13.8. The normalized spacial score (nSPS) is 10.6. The number of nitrogens with one attached hydrogen (secondary N) is 1. The predicted octanol–water partition coefficient (Wildman–Crippen LogP) is 2.21. The van der Waals surface area contributed by atoms with Gasteiger partial charge in [-0.15, -0.1) is 0 Å². The molecule has 100 valence electrons. The van der Waals surface area contributed by atoms with Crippen molar-refractivity contribution in [3.8, 4) is 0 Å². The minimum absolute atomic E-state index is 0.111. The molecule has 18 heavy (non-hydrogen) atoms. The lowest BCUT2D eigenvalue weighted by Crippen LogP contribution is -2.09. The van der Waals surface area contributed by atoms with Gasteiger partial charge in [-0.25, -0.2) is 9.97 Å². The maximum Gasteiger partial charge on any atom is 0.352 e. The zero-order chi connectivity index (χ0) is 13.5. The highest BCUT2D eigenvalue weighted by atomic mass is 16.6. The van der Waals surface area contributed by atoms with Gasteiger partial charge in [0.2, 0.25) is 11.6 Å². The van der Waals surface area contributed by atoms with Crippen LogP contribution in [0.25, 0.3) is 0 Å². The third kappa shape index (κ3) is 4.15. The number of rotatable bonds is 7. The van der Waals surface area contributed by atoms with Gasteiger partial charge in [0.05, 0.1) is 4.92 Å². The Morgan fingerprint density at radius 3 is 2.78 bits per heavy atom. The average Bonchev–Trinajstić information content (AvgIpc) is 2.27. The molecule has 1 aromatic rings. The molecule has 0 atom stereocenters. The van der Waals surface area contributed by atoms with Crippen molar-refractivity contribution in [1.82, 2.24) is 9.97 Å². The molecule has 7 nitrogen and oxygen atoms in total. The second kappa shape index (κ2) is 6.73. The zero-order valence-corrected chi connectivity index (χ0v) is 10.7. The molecule has 0 unspecified atom stereocenters. The number of aromatic nitrogens is 2. The summed E-state index contributed by atoms with van der Waals surface area (Å²) >= 11 is 0. The van der Waals surface area contributed by atoms with Gasteiger partial charge in [0.25, 0.3) is 0 Å². The Labute approximate surface area is 106 Å². The van der Waals surface area contributed by atoms with E-state index in [1.54, 1.807) is 0 Å². The van der Waals surface area contributed by atoms with Gasteiger partial charge < -0.3 is 11.1 Å². The van der Waals surface area contributed by atoms with Crippen molar-refractivity contribution in [2.45, 2.75) is 33.1 Å². The third-order valence-electron chi connectivity index (χ3n) is 2.53. The van der Waals surface area contributed by atoms with Crippen molar-refractivity contribution in [1.29, 1.82) is 0 Å². The fraction of sp³-hybridized carbons (Fsp3) is 0.636. The number of nitro groups is 1. The average molecular weight is 253 g/mol. The molecule has 7 heteroatoms. The number of hydrogen-bond acceptors (Lipinski definition) is 6. The first-order chi connectivity index (χ1) is 8.52. The largest absolute Gasteiger partial charge is 0.378 e. The molecule has 0 fully saturated rings. The minimum Gasteiger partial charge on any atom is -0.378 e. The van der Waals surface area contributed by atoms with Crippen LogP contribution in [0.5, 0.6) is 0 Å². The van der Waals surface area contributed by atoms with E-state index in [9.17, 15) is 10.1 Å². The Balaban J connectivity index is 2.52. The van der Waals surface area contributed by atoms with Crippen LogP contribution in [0.2, 0.25) is 0 Å². The van der Waals surface area contributed by atoms with E-state index in [0.29, 0.717) is 12.5 Å². The summed E-state index contributed by atoms with van der Waals surface area (Å²) in [6.45, 7) is 4.98. The van der Waals surface area contributed by atoms with E-state index in [1.807, 2.05) is 0 Å². The fourth-order valence-corrected chi connectivity index (χ4v) is 1.59. The standard InChI is InChI=1S/C11H19N5O2/c1-8(2)5-3-4-6-13-11-9(16(17)18)10(12)14-7-15-11/h7-8H,3-6H2,1-2H3,(H3,12,13,14,15). The Kier molecular flexibility index (Phi) is 5.29. The maximum atomic E-state index is 10.8. The number of nitrogens with two attached hydrogens (primary N) is 1. The number of hydrogen-bond donors (Lipinski definition) is 2. The molecule has 0 bridgehead atoms. The molecule has 1 heterocycles. The van der Waals surface area contributed by atoms with E-state index in [-0.39, 0.29) is 17.3 Å². The zero-order valence-electron chi connectivity index (χ0n) is 10.7. The van der Waals surface area contributed by atoms with Crippen LogP contribution in [0.4, 0.5) is 17.3 Å². The summed E-state index contributed by atoms with van der Waals surface area (Å²) in [5.41, 5.74) is 5.21. The molecular formula is C11H19N5O2. The quantitative estimate of drug-likeness (QED) is 0.438. The first kappa shape index (κ1) is 14.1. The van der Waals surface area contributed by atoms with E-state index in [0.717, 1.165) is 19.3 Å². The lowest BCUT2D eigenvalue weighted by molar-refractivity contribution is -0.383. The second-order valence-electron chi connectivity index (χ2n) is 4.53. The molecule has 3 N–H and O–H groups in total. The van der Waals surface area contributed by atoms with Gasteiger partial charge in [0.1, 0.15) is 6.33 Å². The summed E-state index contributed by atoms with van der Waals surface area (Å²) < 4.78 is 0. The van der Waals surface area contributed by atoms with E-state index in [2.05, 4.69) is 29.1 Å². The third-order valence-corrected chi connectivity index (χ3v) is 2.53. The number of anilines is 2. The Morgan fingerprint density at radius 1 is 1.44 bits per heavy atom. The summed E-state index contributed by atoms with van der Waals surface area (Å²) in [7, 11) is 0. The Morgan fingerprint density at radius 2 is 2.17 bits per heavy atom. The number of nitrogens with zero attached hydrogens (tertiary/aromatic N) is 3.